The van der Waals surface area contributed by atoms with Crippen LogP contribution in [0.4, 0.5) is 0 Å². The first kappa shape index (κ1) is 25.8. The third-order valence-corrected chi connectivity index (χ3v) is 6.76. The van der Waals surface area contributed by atoms with Gasteiger partial charge in [0.25, 0.3) is 0 Å². The number of aliphatic hydroxyl groups is 1. The van der Waals surface area contributed by atoms with Gasteiger partial charge in [0.1, 0.15) is 11.2 Å². The maximum absolute atomic E-state index is 10.0. The summed E-state index contributed by atoms with van der Waals surface area (Å²) in [7, 11) is 0. The summed E-state index contributed by atoms with van der Waals surface area (Å²) in [5.74, 6) is -0.0625. The summed E-state index contributed by atoms with van der Waals surface area (Å²) in [5, 5.41) is 13.0. The van der Waals surface area contributed by atoms with Gasteiger partial charge in [-0.15, -0.1) is 23.6 Å². The molecule has 4 nitrogen and oxygen atoms in total. The van der Waals surface area contributed by atoms with Crippen molar-refractivity contribution in [1.82, 2.24) is 4.98 Å². The Hall–Kier alpha value is -3.27. The van der Waals surface area contributed by atoms with Crippen LogP contribution < -0.4 is 0 Å². The second kappa shape index (κ2) is 9.31. The van der Waals surface area contributed by atoms with Crippen molar-refractivity contribution in [2.24, 2.45) is 0 Å². The van der Waals surface area contributed by atoms with Crippen LogP contribution in [0.5, 0.6) is 0 Å². The monoisotopic (exact) mass is 655 g/mol. The molecule has 0 aliphatic heterocycles. The number of aryl methyl sites for hydroxylation is 2. The normalized spacial score (nSPS) is 13.7. The number of hydrogen-bond acceptors (Lipinski definition) is 4. The minimum absolute atomic E-state index is 0. The predicted octanol–water partition coefficient (Wildman–Crippen LogP) is 7.89. The van der Waals surface area contributed by atoms with E-state index < -0.39 is 0 Å². The van der Waals surface area contributed by atoms with E-state index in [4.69, 9.17) is 14.5 Å². The van der Waals surface area contributed by atoms with Gasteiger partial charge in [0.05, 0.1) is 5.76 Å². The van der Waals surface area contributed by atoms with Crippen molar-refractivity contribution in [3.05, 3.63) is 88.8 Å². The molecule has 3 aromatic carbocycles. The summed E-state index contributed by atoms with van der Waals surface area (Å²) in [5.41, 5.74) is 8.74. The molecule has 36 heavy (non-hydrogen) atoms. The molecule has 0 saturated carbocycles. The van der Waals surface area contributed by atoms with Crippen LogP contribution in [0.15, 0.2) is 64.9 Å². The van der Waals surface area contributed by atoms with Crippen LogP contribution in [0.1, 0.15) is 49.9 Å². The van der Waals surface area contributed by atoms with E-state index in [1.54, 1.807) is 0 Å². The van der Waals surface area contributed by atoms with Crippen LogP contribution in [0.3, 0.4) is 0 Å². The Morgan fingerprint density at radius 1 is 1.03 bits per heavy atom. The molecule has 6 rings (SSSR count). The van der Waals surface area contributed by atoms with Crippen LogP contribution in [0.2, 0.25) is 0 Å². The molecule has 1 radical (unpaired) electrons. The largest absolute Gasteiger partial charge is 0.512 e. The van der Waals surface area contributed by atoms with Gasteiger partial charge in [-0.25, -0.2) is 0 Å². The van der Waals surface area contributed by atoms with Crippen LogP contribution in [-0.2, 0) is 30.3 Å². The van der Waals surface area contributed by atoms with Crippen LogP contribution in [0, 0.1) is 19.9 Å². The standard InChI is InChI=1S/C26H20NO.C5H8O2.Ir/c1-14-5-7-16-12-18-20(13-17(16)11-14)26(3,4)19-8-6-15(2)25-22(19)23-21(28-25)9-10-27-24(18)23;1-4(6)3-5(2)7;/h5-11,13H,1-4H3;3,6H,1-2H3;/q-1;;/b;4-3-;. The second-order valence-electron chi connectivity index (χ2n) is 9.94. The van der Waals surface area contributed by atoms with Crippen molar-refractivity contribution in [1.29, 1.82) is 0 Å². The number of aromatic nitrogens is 1. The molecule has 0 bridgehead atoms. The van der Waals surface area contributed by atoms with Crippen LogP contribution in [-0.4, -0.2) is 15.9 Å². The minimum atomic E-state index is -0.187. The minimum Gasteiger partial charge on any atom is -0.512 e. The third kappa shape index (κ3) is 4.17. The van der Waals surface area contributed by atoms with Gasteiger partial charge in [0.15, 0.2) is 5.78 Å². The summed E-state index contributed by atoms with van der Waals surface area (Å²) in [6, 6.07) is 19.0. The third-order valence-electron chi connectivity index (χ3n) is 6.76. The van der Waals surface area contributed by atoms with Crippen molar-refractivity contribution in [3.63, 3.8) is 0 Å². The number of fused-ring (bicyclic) bond motifs is 3. The van der Waals surface area contributed by atoms with Crippen molar-refractivity contribution >= 4 is 38.5 Å². The Kier molecular flexibility index (Phi) is 6.68. The van der Waals surface area contributed by atoms with Crippen LogP contribution in [0.25, 0.3) is 44.0 Å². The molecule has 1 aliphatic rings. The number of aliphatic hydroxyl groups excluding tert-OH is 1. The van der Waals surface area contributed by atoms with Crippen LogP contribution >= 0.6 is 0 Å². The van der Waals surface area contributed by atoms with E-state index in [1.165, 1.54) is 47.4 Å². The number of benzene rings is 3. The van der Waals surface area contributed by atoms with Crippen molar-refractivity contribution in [2.75, 3.05) is 0 Å². The average molecular weight is 655 g/mol. The van der Waals surface area contributed by atoms with Crippen molar-refractivity contribution < 1.29 is 34.4 Å². The Morgan fingerprint density at radius 2 is 1.78 bits per heavy atom. The molecule has 0 saturated heterocycles. The summed E-state index contributed by atoms with van der Waals surface area (Å²) in [4.78, 5) is 14.8. The Labute approximate surface area is 224 Å². The van der Waals surface area contributed by atoms with Gasteiger partial charge in [-0.3, -0.25) is 9.78 Å². The predicted molar refractivity (Wildman–Crippen MR) is 142 cm³/mol. The number of ketones is 1. The number of hydrogen-bond donors (Lipinski definition) is 1. The fraction of sp³-hybridized carbons (Fsp3) is 0.226. The zero-order valence-corrected chi connectivity index (χ0v) is 23.6. The van der Waals surface area contributed by atoms with Crippen molar-refractivity contribution in [2.45, 2.75) is 47.0 Å². The molecule has 0 spiro atoms. The molecule has 1 aliphatic carbocycles. The van der Waals surface area contributed by atoms with Gasteiger partial charge < -0.3 is 9.52 Å². The second-order valence-corrected chi connectivity index (χ2v) is 9.94. The smallest absolute Gasteiger partial charge is 0.155 e. The molecule has 1 N–H and O–H groups in total. The summed E-state index contributed by atoms with van der Waals surface area (Å²) >= 11 is 0. The molecular formula is C31H28IrNO3-. The SMILES string of the molecule is CC(=O)/C=C(/C)O.Cc1ccc2[c-]c3c(cc2c1)C(C)(C)c1ccc(C)c2oc4ccnc-3c4c12.[Ir]. The molecule has 0 fully saturated rings. The molecule has 185 valence electrons. The van der Waals surface area contributed by atoms with E-state index in [0.29, 0.717) is 0 Å². The van der Waals surface area contributed by atoms with E-state index in [-0.39, 0.29) is 37.1 Å². The van der Waals surface area contributed by atoms with Gasteiger partial charge in [-0.05, 0) is 50.3 Å². The number of allylic oxidation sites excluding steroid dienone is 2. The first-order valence-electron chi connectivity index (χ1n) is 11.7. The number of carbonyl (C=O) groups is 1. The summed E-state index contributed by atoms with van der Waals surface area (Å²) < 4.78 is 6.30. The molecule has 0 atom stereocenters. The van der Waals surface area contributed by atoms with Gasteiger partial charge >= 0.3 is 0 Å². The molecule has 0 amide bonds. The Balaban J connectivity index is 0.000000338. The zero-order chi connectivity index (χ0) is 25.1. The molecule has 2 aromatic heterocycles. The molecular weight excluding hydrogens is 627 g/mol. The molecule has 5 aromatic rings. The maximum Gasteiger partial charge on any atom is 0.155 e. The van der Waals surface area contributed by atoms with E-state index in [9.17, 15) is 4.79 Å². The fourth-order valence-corrected chi connectivity index (χ4v) is 5.12. The van der Waals surface area contributed by atoms with Gasteiger partial charge in [0, 0.05) is 48.8 Å². The molecule has 0 unspecified atom stereocenters. The van der Waals surface area contributed by atoms with Gasteiger partial charge in [-0.1, -0.05) is 60.2 Å². The first-order chi connectivity index (χ1) is 16.6. The number of rotatable bonds is 1. The topological polar surface area (TPSA) is 63.3 Å². The van der Waals surface area contributed by atoms with E-state index >= 15 is 0 Å². The van der Waals surface area contributed by atoms with Crippen molar-refractivity contribution in [3.8, 4) is 11.3 Å². The Bertz CT molecular complexity index is 1690. The summed E-state index contributed by atoms with van der Waals surface area (Å²) in [6.45, 7) is 11.7. The van der Waals surface area contributed by atoms with E-state index in [2.05, 4.69) is 70.2 Å². The number of pyridine rings is 1. The maximum atomic E-state index is 10.0. The van der Waals surface area contributed by atoms with Gasteiger partial charge in [-0.2, -0.15) is 0 Å². The molecule has 5 heteroatoms. The number of nitrogens with zero attached hydrogens (tertiary/aromatic N) is 1. The van der Waals surface area contributed by atoms with E-state index in [0.717, 1.165) is 38.8 Å². The number of furan rings is 1. The molecule has 2 heterocycles. The summed E-state index contributed by atoms with van der Waals surface area (Å²) in [6.07, 6.45) is 3.02. The Morgan fingerprint density at radius 3 is 2.44 bits per heavy atom. The quantitative estimate of drug-likeness (QED) is 0.113. The number of carbonyl (C=O) groups excluding carboxylic acids is 1. The first-order valence-corrected chi connectivity index (χ1v) is 11.7. The average Bonchev–Trinajstić information content (AvgIpc) is 3.15. The van der Waals surface area contributed by atoms with Gasteiger partial charge in [0.2, 0.25) is 0 Å². The fourth-order valence-electron chi connectivity index (χ4n) is 5.12. The zero-order valence-electron chi connectivity index (χ0n) is 21.2. The van der Waals surface area contributed by atoms with E-state index in [1.807, 2.05) is 12.3 Å².